The molecule has 0 saturated heterocycles. The molecule has 9 nitrogen and oxygen atoms in total. The minimum Gasteiger partial charge on any atom is -0.483 e. The van der Waals surface area contributed by atoms with Crippen molar-refractivity contribution in [2.75, 3.05) is 6.61 Å². The largest absolute Gasteiger partial charge is 0.483 e. The van der Waals surface area contributed by atoms with E-state index in [2.05, 4.69) is 5.10 Å². The summed E-state index contributed by atoms with van der Waals surface area (Å²) in [4.78, 5) is 22.7. The summed E-state index contributed by atoms with van der Waals surface area (Å²) in [5, 5.41) is 16.1. The van der Waals surface area contributed by atoms with Crippen molar-refractivity contribution in [1.29, 1.82) is 0 Å². The number of hydrazone groups is 1. The van der Waals surface area contributed by atoms with Crippen molar-refractivity contribution < 1.29 is 36.5 Å². The molecule has 1 unspecified atom stereocenters. The van der Waals surface area contributed by atoms with Crippen LogP contribution in [0.15, 0.2) is 68.9 Å². The summed E-state index contributed by atoms with van der Waals surface area (Å²) in [5.41, 5.74) is -1.65. The van der Waals surface area contributed by atoms with Crippen LogP contribution < -0.4 is 4.74 Å². The lowest BCUT2D eigenvalue weighted by Crippen LogP contribution is -2.31. The molecule has 0 N–H and O–H groups in total. The minimum atomic E-state index is -4.92. The number of furan rings is 2. The first-order valence-corrected chi connectivity index (χ1v) is 9.19. The zero-order valence-corrected chi connectivity index (χ0v) is 16.1. The number of nitro benzene ring substituents is 1. The number of ether oxygens (including phenoxy) is 1. The second-order valence-electron chi connectivity index (χ2n) is 6.72. The van der Waals surface area contributed by atoms with E-state index in [1.54, 1.807) is 24.3 Å². The van der Waals surface area contributed by atoms with Crippen molar-refractivity contribution >= 4 is 17.3 Å². The van der Waals surface area contributed by atoms with Gasteiger partial charge in [0.1, 0.15) is 34.6 Å². The van der Waals surface area contributed by atoms with Gasteiger partial charge in [-0.1, -0.05) is 0 Å². The average Bonchev–Trinajstić information content (AvgIpc) is 3.51. The smallest absolute Gasteiger partial charge is 0.420 e. The van der Waals surface area contributed by atoms with Gasteiger partial charge in [-0.25, -0.2) is 5.01 Å². The Morgan fingerprint density at radius 1 is 1.22 bits per heavy atom. The van der Waals surface area contributed by atoms with Gasteiger partial charge in [0.25, 0.3) is 11.6 Å². The molecule has 12 heteroatoms. The molecule has 3 aromatic rings. The predicted molar refractivity (Wildman–Crippen MR) is 102 cm³/mol. The number of hydrogen-bond donors (Lipinski definition) is 0. The van der Waals surface area contributed by atoms with Crippen LogP contribution in [0.3, 0.4) is 0 Å². The van der Waals surface area contributed by atoms with Gasteiger partial charge in [0, 0.05) is 18.6 Å². The molecule has 0 fully saturated rings. The second kappa shape index (κ2) is 8.21. The predicted octanol–water partition coefficient (Wildman–Crippen LogP) is 4.56. The van der Waals surface area contributed by atoms with Crippen molar-refractivity contribution in [3.8, 4) is 5.75 Å². The maximum atomic E-state index is 13.3. The van der Waals surface area contributed by atoms with Crippen molar-refractivity contribution in [1.82, 2.24) is 5.01 Å². The molecule has 4 rings (SSSR count). The van der Waals surface area contributed by atoms with Crippen LogP contribution in [0.2, 0.25) is 0 Å². The molecular weight excluding hydrogens is 435 g/mol. The molecule has 3 heterocycles. The van der Waals surface area contributed by atoms with E-state index in [1.165, 1.54) is 12.5 Å². The van der Waals surface area contributed by atoms with Gasteiger partial charge in [-0.05, 0) is 30.3 Å². The molecule has 0 spiro atoms. The first-order chi connectivity index (χ1) is 15.2. The molecule has 0 saturated carbocycles. The van der Waals surface area contributed by atoms with Gasteiger partial charge in [-0.2, -0.15) is 18.3 Å². The maximum absolute atomic E-state index is 13.3. The monoisotopic (exact) mass is 449 g/mol. The van der Waals surface area contributed by atoms with Gasteiger partial charge in [-0.3, -0.25) is 14.9 Å². The lowest BCUT2D eigenvalue weighted by Gasteiger charge is -2.20. The molecule has 2 aromatic heterocycles. The number of carbonyl (C=O) groups is 1. The standard InChI is InChI=1S/C20H14F3N3O6/c21-20(22,23)13-9-12(26(28)29)5-6-16(13)32-11-19(27)25-15(18-4-2-8-31-18)10-14(24-25)17-3-1-7-30-17/h1-9,15H,10-11H2. The number of nitrogens with zero attached hydrogens (tertiary/aromatic N) is 3. The maximum Gasteiger partial charge on any atom is 0.420 e. The Kier molecular flexibility index (Phi) is 5.43. The van der Waals surface area contributed by atoms with Gasteiger partial charge in [-0.15, -0.1) is 0 Å². The third-order valence-electron chi connectivity index (χ3n) is 4.67. The molecule has 0 bridgehead atoms. The Bertz CT molecular complexity index is 1160. The van der Waals surface area contributed by atoms with E-state index in [9.17, 15) is 28.1 Å². The zero-order valence-electron chi connectivity index (χ0n) is 16.1. The highest BCUT2D eigenvalue weighted by Crippen LogP contribution is 2.39. The van der Waals surface area contributed by atoms with Crippen molar-refractivity contribution in [3.05, 3.63) is 82.2 Å². The number of nitro groups is 1. The first kappa shape index (κ1) is 21.2. The molecule has 0 aliphatic carbocycles. The summed E-state index contributed by atoms with van der Waals surface area (Å²) in [6.07, 6.45) is -1.79. The van der Waals surface area contributed by atoms with Gasteiger partial charge in [0.2, 0.25) is 0 Å². The summed E-state index contributed by atoms with van der Waals surface area (Å²) < 4.78 is 55.8. The van der Waals surface area contributed by atoms with Crippen molar-refractivity contribution in [2.24, 2.45) is 5.10 Å². The average molecular weight is 449 g/mol. The van der Waals surface area contributed by atoms with E-state index in [-0.39, 0.29) is 6.42 Å². The SMILES string of the molecule is O=C(COc1ccc([N+](=O)[O-])cc1C(F)(F)F)N1N=C(c2ccco2)CC1c1ccco1. The third-order valence-corrected chi connectivity index (χ3v) is 4.67. The fraction of sp³-hybridized carbons (Fsp3) is 0.200. The van der Waals surface area contributed by atoms with Crippen molar-refractivity contribution in [2.45, 2.75) is 18.6 Å². The Hall–Kier alpha value is -4.09. The fourth-order valence-electron chi connectivity index (χ4n) is 3.22. The number of benzene rings is 1. The van der Waals surface area contributed by atoms with Crippen LogP contribution in [0.1, 0.15) is 29.5 Å². The van der Waals surface area contributed by atoms with E-state index in [1.807, 2.05) is 0 Å². The topological polar surface area (TPSA) is 111 Å². The zero-order chi connectivity index (χ0) is 22.9. The van der Waals surface area contributed by atoms with Crippen molar-refractivity contribution in [3.63, 3.8) is 0 Å². The molecule has 1 aliphatic heterocycles. The Morgan fingerprint density at radius 3 is 2.59 bits per heavy atom. The number of alkyl halides is 3. The van der Waals surface area contributed by atoms with Gasteiger partial charge in [0.05, 0.1) is 17.4 Å². The molecule has 1 aliphatic rings. The van der Waals surface area contributed by atoms with Crippen LogP contribution in [0.25, 0.3) is 0 Å². The van der Waals surface area contributed by atoms with Crippen LogP contribution in [0.4, 0.5) is 18.9 Å². The normalized spacial score (nSPS) is 16.2. The quantitative estimate of drug-likeness (QED) is 0.403. The van der Waals surface area contributed by atoms with Gasteiger partial charge < -0.3 is 13.6 Å². The summed E-state index contributed by atoms with van der Waals surface area (Å²) in [6.45, 7) is -0.785. The molecule has 32 heavy (non-hydrogen) atoms. The van der Waals surface area contributed by atoms with Gasteiger partial charge >= 0.3 is 6.18 Å². The Morgan fingerprint density at radius 2 is 1.97 bits per heavy atom. The second-order valence-corrected chi connectivity index (χ2v) is 6.72. The summed E-state index contributed by atoms with van der Waals surface area (Å²) >= 11 is 0. The summed E-state index contributed by atoms with van der Waals surface area (Å²) in [6, 6.07) is 7.98. The van der Waals surface area contributed by atoms with E-state index < -0.39 is 46.7 Å². The van der Waals surface area contributed by atoms with Crippen LogP contribution in [-0.4, -0.2) is 28.2 Å². The van der Waals surface area contributed by atoms with Crippen LogP contribution in [-0.2, 0) is 11.0 Å². The molecule has 1 amide bonds. The molecule has 1 aromatic carbocycles. The lowest BCUT2D eigenvalue weighted by atomic mass is 10.1. The molecular formula is C20H14F3N3O6. The summed E-state index contributed by atoms with van der Waals surface area (Å²) in [7, 11) is 0. The van der Waals surface area contributed by atoms with Crippen LogP contribution in [0.5, 0.6) is 5.75 Å². The fourth-order valence-corrected chi connectivity index (χ4v) is 3.22. The highest BCUT2D eigenvalue weighted by Gasteiger charge is 2.38. The van der Waals surface area contributed by atoms with E-state index >= 15 is 0 Å². The first-order valence-electron chi connectivity index (χ1n) is 9.19. The number of rotatable bonds is 6. The Balaban J connectivity index is 1.57. The Labute approximate surface area is 177 Å². The number of hydrogen-bond acceptors (Lipinski definition) is 7. The molecule has 0 radical (unpaired) electrons. The number of non-ortho nitro benzene ring substituents is 1. The molecule has 166 valence electrons. The minimum absolute atomic E-state index is 0.262. The van der Waals surface area contributed by atoms with Crippen LogP contribution in [0, 0.1) is 10.1 Å². The highest BCUT2D eigenvalue weighted by molar-refractivity contribution is 6.01. The highest BCUT2D eigenvalue weighted by atomic mass is 19.4. The van der Waals surface area contributed by atoms with E-state index in [0.717, 1.165) is 17.1 Å². The number of halogens is 3. The van der Waals surface area contributed by atoms with Gasteiger partial charge in [0.15, 0.2) is 6.61 Å². The van der Waals surface area contributed by atoms with E-state index in [0.29, 0.717) is 23.3 Å². The number of carbonyl (C=O) groups excluding carboxylic acids is 1. The van der Waals surface area contributed by atoms with E-state index in [4.69, 9.17) is 13.6 Å². The third kappa shape index (κ3) is 4.19. The molecule has 1 atom stereocenters. The van der Waals surface area contributed by atoms with Crippen LogP contribution >= 0.6 is 0 Å². The number of amides is 1. The lowest BCUT2D eigenvalue weighted by molar-refractivity contribution is -0.385. The summed E-state index contributed by atoms with van der Waals surface area (Å²) in [5.74, 6) is -0.581.